The maximum Gasteiger partial charge on any atom is 0.193 e. The van der Waals surface area contributed by atoms with Gasteiger partial charge < -0.3 is 15.0 Å². The summed E-state index contributed by atoms with van der Waals surface area (Å²) in [6, 6.07) is 0. The minimum absolute atomic E-state index is 0.750. The van der Waals surface area contributed by atoms with Crippen LogP contribution in [0.5, 0.6) is 0 Å². The Morgan fingerprint density at radius 3 is 2.69 bits per heavy atom. The van der Waals surface area contributed by atoms with E-state index in [0.717, 1.165) is 44.7 Å². The highest BCUT2D eigenvalue weighted by Crippen LogP contribution is 2.15. The van der Waals surface area contributed by atoms with Gasteiger partial charge >= 0.3 is 0 Å². The maximum atomic E-state index is 5.30. The van der Waals surface area contributed by atoms with Crippen LogP contribution in [0.1, 0.15) is 26.7 Å². The van der Waals surface area contributed by atoms with E-state index in [1.165, 1.54) is 12.8 Å². The quantitative estimate of drug-likeness (QED) is 0.447. The molecule has 4 heteroatoms. The number of piperidine rings is 1. The van der Waals surface area contributed by atoms with Crippen LogP contribution in [0.25, 0.3) is 0 Å². The van der Waals surface area contributed by atoms with Gasteiger partial charge in [0.25, 0.3) is 0 Å². The van der Waals surface area contributed by atoms with Gasteiger partial charge in [0, 0.05) is 33.3 Å². The predicted octanol–water partition coefficient (Wildman–Crippen LogP) is 1.33. The van der Waals surface area contributed by atoms with Crippen LogP contribution in [0.15, 0.2) is 4.99 Å². The zero-order chi connectivity index (χ0) is 11.8. The third-order valence-corrected chi connectivity index (χ3v) is 3.03. The van der Waals surface area contributed by atoms with Crippen LogP contribution in [0.3, 0.4) is 0 Å². The van der Waals surface area contributed by atoms with E-state index in [4.69, 9.17) is 4.74 Å². The van der Waals surface area contributed by atoms with E-state index in [2.05, 4.69) is 22.1 Å². The van der Waals surface area contributed by atoms with Crippen LogP contribution in [0, 0.1) is 5.92 Å². The van der Waals surface area contributed by atoms with Gasteiger partial charge in [-0.1, -0.05) is 6.92 Å². The SMILES string of the molecule is CCOCCNC(=NC)N1CCC(C)CC1. The van der Waals surface area contributed by atoms with Crippen molar-refractivity contribution >= 4 is 5.96 Å². The summed E-state index contributed by atoms with van der Waals surface area (Å²) in [4.78, 5) is 6.65. The summed E-state index contributed by atoms with van der Waals surface area (Å²) in [7, 11) is 1.85. The Morgan fingerprint density at radius 1 is 1.44 bits per heavy atom. The van der Waals surface area contributed by atoms with Gasteiger partial charge in [-0.15, -0.1) is 0 Å². The van der Waals surface area contributed by atoms with Gasteiger partial charge in [-0.2, -0.15) is 0 Å². The molecule has 1 N–H and O–H groups in total. The number of rotatable bonds is 4. The van der Waals surface area contributed by atoms with Gasteiger partial charge in [-0.3, -0.25) is 4.99 Å². The van der Waals surface area contributed by atoms with Gasteiger partial charge in [0.2, 0.25) is 0 Å². The Morgan fingerprint density at radius 2 is 2.12 bits per heavy atom. The summed E-state index contributed by atoms with van der Waals surface area (Å²) in [5.41, 5.74) is 0. The van der Waals surface area contributed by atoms with Crippen molar-refractivity contribution in [2.45, 2.75) is 26.7 Å². The molecule has 1 heterocycles. The van der Waals surface area contributed by atoms with Gasteiger partial charge in [-0.05, 0) is 25.7 Å². The topological polar surface area (TPSA) is 36.9 Å². The molecule has 0 spiro atoms. The maximum absolute atomic E-state index is 5.30. The fourth-order valence-corrected chi connectivity index (χ4v) is 1.93. The van der Waals surface area contributed by atoms with E-state index < -0.39 is 0 Å². The van der Waals surface area contributed by atoms with Gasteiger partial charge in [-0.25, -0.2) is 0 Å². The Balaban J connectivity index is 2.26. The van der Waals surface area contributed by atoms with Crippen molar-refractivity contribution in [2.75, 3.05) is 39.9 Å². The molecule has 4 nitrogen and oxygen atoms in total. The molecule has 0 unspecified atom stereocenters. The lowest BCUT2D eigenvalue weighted by atomic mass is 10.00. The first-order valence-corrected chi connectivity index (χ1v) is 6.31. The fourth-order valence-electron chi connectivity index (χ4n) is 1.93. The summed E-state index contributed by atoms with van der Waals surface area (Å²) in [6.07, 6.45) is 2.54. The molecule has 94 valence electrons. The lowest BCUT2D eigenvalue weighted by Crippen LogP contribution is -2.46. The monoisotopic (exact) mass is 227 g/mol. The number of ether oxygens (including phenoxy) is 1. The van der Waals surface area contributed by atoms with E-state index >= 15 is 0 Å². The van der Waals surface area contributed by atoms with E-state index in [9.17, 15) is 0 Å². The average Bonchev–Trinajstić information content (AvgIpc) is 2.31. The normalized spacial score (nSPS) is 18.9. The van der Waals surface area contributed by atoms with Crippen LogP contribution < -0.4 is 5.32 Å². The van der Waals surface area contributed by atoms with E-state index in [-0.39, 0.29) is 0 Å². The number of aliphatic imine (C=N–C) groups is 1. The number of hydrogen-bond acceptors (Lipinski definition) is 2. The second-order valence-electron chi connectivity index (χ2n) is 4.34. The van der Waals surface area contributed by atoms with Gasteiger partial charge in [0.15, 0.2) is 5.96 Å². The lowest BCUT2D eigenvalue weighted by Gasteiger charge is -2.32. The molecular formula is C12H25N3O. The average molecular weight is 227 g/mol. The van der Waals surface area contributed by atoms with Crippen LogP contribution in [-0.2, 0) is 4.74 Å². The van der Waals surface area contributed by atoms with Crippen LogP contribution in [0.2, 0.25) is 0 Å². The molecule has 0 aliphatic carbocycles. The smallest absolute Gasteiger partial charge is 0.193 e. The third-order valence-electron chi connectivity index (χ3n) is 3.03. The number of nitrogens with one attached hydrogen (secondary N) is 1. The first-order chi connectivity index (χ1) is 7.77. The van der Waals surface area contributed by atoms with Crippen LogP contribution in [-0.4, -0.2) is 50.8 Å². The Hall–Kier alpha value is -0.770. The predicted molar refractivity (Wildman–Crippen MR) is 67.8 cm³/mol. The zero-order valence-electron chi connectivity index (χ0n) is 10.8. The van der Waals surface area contributed by atoms with E-state index in [1.54, 1.807) is 0 Å². The summed E-state index contributed by atoms with van der Waals surface area (Å²) >= 11 is 0. The summed E-state index contributed by atoms with van der Waals surface area (Å²) in [5, 5.41) is 3.34. The summed E-state index contributed by atoms with van der Waals surface area (Å²) < 4.78 is 5.30. The van der Waals surface area contributed by atoms with Crippen molar-refractivity contribution in [1.29, 1.82) is 0 Å². The zero-order valence-corrected chi connectivity index (χ0v) is 10.8. The van der Waals surface area contributed by atoms with Crippen molar-refractivity contribution < 1.29 is 4.74 Å². The molecule has 0 aromatic heterocycles. The van der Waals surface area contributed by atoms with Crippen molar-refractivity contribution in [2.24, 2.45) is 10.9 Å². The molecule has 1 saturated heterocycles. The number of hydrogen-bond donors (Lipinski definition) is 1. The molecule has 1 aliphatic heterocycles. The molecular weight excluding hydrogens is 202 g/mol. The summed E-state index contributed by atoms with van der Waals surface area (Å²) in [6.45, 7) is 8.95. The first-order valence-electron chi connectivity index (χ1n) is 6.31. The Kier molecular flexibility index (Phi) is 6.23. The second-order valence-corrected chi connectivity index (χ2v) is 4.34. The van der Waals surface area contributed by atoms with Crippen molar-refractivity contribution in [3.8, 4) is 0 Å². The minimum Gasteiger partial charge on any atom is -0.380 e. The highest BCUT2D eigenvalue weighted by atomic mass is 16.5. The van der Waals surface area contributed by atoms with Gasteiger partial charge in [0.1, 0.15) is 0 Å². The molecule has 1 aliphatic rings. The van der Waals surface area contributed by atoms with Crippen LogP contribution in [0.4, 0.5) is 0 Å². The fraction of sp³-hybridized carbons (Fsp3) is 0.917. The summed E-state index contributed by atoms with van der Waals surface area (Å²) in [5.74, 6) is 1.88. The largest absolute Gasteiger partial charge is 0.380 e. The molecule has 16 heavy (non-hydrogen) atoms. The van der Waals surface area contributed by atoms with E-state index in [1.807, 2.05) is 14.0 Å². The Bertz CT molecular complexity index is 210. The van der Waals surface area contributed by atoms with E-state index in [0.29, 0.717) is 0 Å². The molecule has 0 aromatic rings. The highest BCUT2D eigenvalue weighted by molar-refractivity contribution is 5.79. The minimum atomic E-state index is 0.750. The first kappa shape index (κ1) is 13.3. The lowest BCUT2D eigenvalue weighted by molar-refractivity contribution is 0.151. The highest BCUT2D eigenvalue weighted by Gasteiger charge is 2.17. The number of likely N-dealkylation sites (tertiary alicyclic amines) is 1. The second kappa shape index (κ2) is 7.49. The molecule has 0 amide bonds. The Labute approximate surface area is 99.1 Å². The number of guanidine groups is 1. The van der Waals surface area contributed by atoms with Crippen LogP contribution >= 0.6 is 0 Å². The molecule has 1 rings (SSSR count). The number of nitrogens with zero attached hydrogens (tertiary/aromatic N) is 2. The standard InChI is InChI=1S/C12H25N3O/c1-4-16-10-7-14-12(13-3)15-8-5-11(2)6-9-15/h11H,4-10H2,1-3H3,(H,13,14). The van der Waals surface area contributed by atoms with Crippen molar-refractivity contribution in [3.05, 3.63) is 0 Å². The molecule has 0 atom stereocenters. The molecule has 0 saturated carbocycles. The molecule has 1 fully saturated rings. The molecule has 0 aromatic carbocycles. The molecule has 0 radical (unpaired) electrons. The van der Waals surface area contributed by atoms with Gasteiger partial charge in [0.05, 0.1) is 6.61 Å². The van der Waals surface area contributed by atoms with Crippen molar-refractivity contribution in [1.82, 2.24) is 10.2 Å². The van der Waals surface area contributed by atoms with Crippen molar-refractivity contribution in [3.63, 3.8) is 0 Å². The third kappa shape index (κ3) is 4.39. The molecule has 0 bridgehead atoms.